The van der Waals surface area contributed by atoms with Crippen LogP contribution in [0, 0.1) is 23.7 Å². The SMILES string of the molecule is Cc1c(COc2cc(OCc3cncc(C#N)c3)c(CN[C@](C)(CO)C(=O)O)cc2Cl)cccc1-c1cccc(OCCCN2CCC(CO)(C(=O)O)CC2)c1Cl. The Morgan fingerprint density at radius 3 is 2.35 bits per heavy atom. The van der Waals surface area contributed by atoms with Crippen LogP contribution >= 0.6 is 23.2 Å². The number of benzene rings is 3. The molecule has 1 aliphatic heterocycles. The molecule has 4 aromatic rings. The Hall–Kier alpha value is -4.94. The van der Waals surface area contributed by atoms with Gasteiger partial charge in [-0.15, -0.1) is 0 Å². The van der Waals surface area contributed by atoms with Gasteiger partial charge >= 0.3 is 11.9 Å². The van der Waals surface area contributed by atoms with Gasteiger partial charge in [-0.25, -0.2) is 0 Å². The maximum atomic E-state index is 11.8. The summed E-state index contributed by atoms with van der Waals surface area (Å²) in [6.45, 7) is 4.89. The molecule has 0 spiro atoms. The fourth-order valence-electron chi connectivity index (χ4n) is 6.47. The van der Waals surface area contributed by atoms with Crippen molar-refractivity contribution in [1.82, 2.24) is 15.2 Å². The van der Waals surface area contributed by atoms with Crippen LogP contribution in [-0.4, -0.2) is 87.2 Å². The Labute approximate surface area is 341 Å². The van der Waals surface area contributed by atoms with E-state index in [1.165, 1.54) is 13.1 Å². The molecule has 13 nitrogen and oxygen atoms in total. The highest BCUT2D eigenvalue weighted by Gasteiger charge is 2.41. The lowest BCUT2D eigenvalue weighted by molar-refractivity contribution is -0.155. The number of pyridine rings is 1. The molecule has 0 radical (unpaired) electrons. The maximum Gasteiger partial charge on any atom is 0.326 e. The first kappa shape index (κ1) is 43.2. The van der Waals surface area contributed by atoms with Crippen molar-refractivity contribution in [3.05, 3.63) is 105 Å². The van der Waals surface area contributed by atoms with Crippen LogP contribution in [0.5, 0.6) is 17.2 Å². The number of ether oxygens (including phenoxy) is 3. The van der Waals surface area contributed by atoms with Crippen LogP contribution in [0.15, 0.2) is 67.0 Å². The normalized spacial score (nSPS) is 15.0. The topological polar surface area (TPSA) is 195 Å². The number of nitriles is 1. The number of nitrogens with zero attached hydrogens (tertiary/aromatic N) is 3. The zero-order valence-corrected chi connectivity index (χ0v) is 33.3. The van der Waals surface area contributed by atoms with Crippen molar-refractivity contribution in [2.24, 2.45) is 5.41 Å². The summed E-state index contributed by atoms with van der Waals surface area (Å²) in [6, 6.07) is 18.4. The molecule has 0 unspecified atom stereocenters. The number of aromatic nitrogens is 1. The lowest BCUT2D eigenvalue weighted by Gasteiger charge is -2.37. The van der Waals surface area contributed by atoms with Crippen molar-refractivity contribution in [3.8, 4) is 34.4 Å². The van der Waals surface area contributed by atoms with Gasteiger partial charge in [-0.3, -0.25) is 19.9 Å². The second kappa shape index (κ2) is 19.5. The minimum absolute atomic E-state index is 0.00108. The summed E-state index contributed by atoms with van der Waals surface area (Å²) in [5, 5.41) is 51.5. The summed E-state index contributed by atoms with van der Waals surface area (Å²) in [4.78, 5) is 29.7. The number of carboxylic acids is 2. The van der Waals surface area contributed by atoms with E-state index in [1.807, 2.05) is 43.3 Å². The predicted octanol–water partition coefficient (Wildman–Crippen LogP) is 6.25. The quantitative estimate of drug-likeness (QED) is 0.0668. The van der Waals surface area contributed by atoms with Crippen LogP contribution in [0.2, 0.25) is 10.0 Å². The van der Waals surface area contributed by atoms with Gasteiger partial charge in [0.2, 0.25) is 0 Å². The van der Waals surface area contributed by atoms with E-state index >= 15 is 0 Å². The van der Waals surface area contributed by atoms with Gasteiger partial charge in [0.15, 0.2) is 0 Å². The summed E-state index contributed by atoms with van der Waals surface area (Å²) in [7, 11) is 0. The highest BCUT2D eigenvalue weighted by molar-refractivity contribution is 6.35. The number of hydrogen-bond donors (Lipinski definition) is 5. The van der Waals surface area contributed by atoms with Crippen LogP contribution in [0.1, 0.15) is 54.0 Å². The van der Waals surface area contributed by atoms with Crippen LogP contribution < -0.4 is 19.5 Å². The van der Waals surface area contributed by atoms with E-state index in [2.05, 4.69) is 21.3 Å². The number of rotatable bonds is 19. The van der Waals surface area contributed by atoms with Crippen molar-refractivity contribution in [2.45, 2.75) is 58.4 Å². The Bertz CT molecular complexity index is 2100. The van der Waals surface area contributed by atoms with E-state index in [9.17, 15) is 35.3 Å². The Morgan fingerprint density at radius 2 is 1.67 bits per heavy atom. The molecule has 57 heavy (non-hydrogen) atoms. The number of carbonyl (C=O) groups is 2. The minimum Gasteiger partial charge on any atom is -0.492 e. The van der Waals surface area contributed by atoms with Crippen LogP contribution in [0.25, 0.3) is 11.1 Å². The lowest BCUT2D eigenvalue weighted by Crippen LogP contribution is -2.52. The molecule has 2 heterocycles. The zero-order valence-electron chi connectivity index (χ0n) is 31.8. The monoisotopic (exact) mass is 820 g/mol. The first-order valence-corrected chi connectivity index (χ1v) is 19.2. The Kier molecular flexibility index (Phi) is 14.8. The molecule has 3 aromatic carbocycles. The molecule has 1 atom stereocenters. The van der Waals surface area contributed by atoms with Crippen molar-refractivity contribution in [3.63, 3.8) is 0 Å². The Morgan fingerprint density at radius 1 is 0.947 bits per heavy atom. The fourth-order valence-corrected chi connectivity index (χ4v) is 6.99. The van der Waals surface area contributed by atoms with Gasteiger partial charge in [0.25, 0.3) is 0 Å². The van der Waals surface area contributed by atoms with Crippen molar-refractivity contribution in [2.75, 3.05) is 39.5 Å². The molecular weight excluding hydrogens is 775 g/mol. The van der Waals surface area contributed by atoms with E-state index in [4.69, 9.17) is 37.4 Å². The molecule has 0 amide bonds. The van der Waals surface area contributed by atoms with Crippen molar-refractivity contribution in [1.29, 1.82) is 5.26 Å². The summed E-state index contributed by atoms with van der Waals surface area (Å²) >= 11 is 13.6. The molecule has 302 valence electrons. The van der Waals surface area contributed by atoms with Gasteiger partial charge in [-0.05, 0) is 81.1 Å². The number of hydrogen-bond acceptors (Lipinski definition) is 11. The summed E-state index contributed by atoms with van der Waals surface area (Å²) in [6.07, 6.45) is 4.55. The molecule has 1 aliphatic rings. The van der Waals surface area contributed by atoms with Gasteiger partial charge in [0.05, 0.1) is 40.8 Å². The molecule has 5 rings (SSSR count). The lowest BCUT2D eigenvalue weighted by atomic mass is 9.79. The van der Waals surface area contributed by atoms with Crippen LogP contribution in [0.4, 0.5) is 0 Å². The number of aliphatic carboxylic acids is 2. The third-order valence-electron chi connectivity index (χ3n) is 10.4. The fraction of sp³-hybridized carbons (Fsp3) is 0.381. The molecule has 0 saturated carbocycles. The molecule has 0 bridgehead atoms. The number of piperidine rings is 1. The van der Waals surface area contributed by atoms with E-state index in [0.717, 1.165) is 28.8 Å². The van der Waals surface area contributed by atoms with E-state index in [1.54, 1.807) is 24.4 Å². The third-order valence-corrected chi connectivity index (χ3v) is 11.1. The molecule has 1 saturated heterocycles. The van der Waals surface area contributed by atoms with Gasteiger partial charge in [0, 0.05) is 48.2 Å². The third kappa shape index (κ3) is 10.5. The summed E-state index contributed by atoms with van der Waals surface area (Å²) < 4.78 is 18.5. The smallest absolute Gasteiger partial charge is 0.326 e. The van der Waals surface area contributed by atoms with Gasteiger partial charge in [-0.1, -0.05) is 53.5 Å². The first-order chi connectivity index (χ1) is 27.3. The second-order valence-electron chi connectivity index (χ2n) is 14.3. The van der Waals surface area contributed by atoms with Crippen molar-refractivity contribution >= 4 is 35.1 Å². The first-order valence-electron chi connectivity index (χ1n) is 18.4. The number of carboxylic acid groups (broad SMARTS) is 2. The van der Waals surface area contributed by atoms with E-state index < -0.39 is 29.5 Å². The average Bonchev–Trinajstić information content (AvgIpc) is 3.21. The van der Waals surface area contributed by atoms with E-state index in [-0.39, 0.29) is 31.4 Å². The average molecular weight is 822 g/mol. The molecule has 0 aliphatic carbocycles. The number of halogens is 2. The van der Waals surface area contributed by atoms with Crippen LogP contribution in [0.3, 0.4) is 0 Å². The predicted molar refractivity (Wildman–Crippen MR) is 214 cm³/mol. The standard InChI is InChI=1S/C42H46Cl2N4O9/c1-27-30(6-3-7-32(27)33-8-4-9-35(38(33)44)55-15-5-12-48-13-10-42(26-50,11-14-48)40(53)54)24-57-37-18-36(56-23-29-16-28(19-45)20-46-21-29)31(17-34(37)43)22-47-41(2,25-49)39(51)52/h3-4,6-9,16-18,20-21,47,49-50H,5,10-15,22-26H2,1-2H3,(H,51,52)(H,53,54)/t41-/m1/s1. The molecule has 15 heteroatoms. The van der Waals surface area contributed by atoms with Gasteiger partial charge in [-0.2, -0.15) is 5.26 Å². The number of nitrogens with one attached hydrogen (secondary N) is 1. The number of aliphatic hydroxyl groups excluding tert-OH is 2. The summed E-state index contributed by atoms with van der Waals surface area (Å²) in [5.74, 6) is -0.955. The Balaban J connectivity index is 1.27. The number of likely N-dealkylation sites (tertiary alicyclic amines) is 1. The number of aliphatic hydroxyl groups is 2. The molecule has 5 N–H and O–H groups in total. The van der Waals surface area contributed by atoms with E-state index in [0.29, 0.717) is 77.9 Å². The molecular formula is C42H46Cl2N4O9. The van der Waals surface area contributed by atoms with Crippen molar-refractivity contribution < 1.29 is 44.2 Å². The van der Waals surface area contributed by atoms with Gasteiger partial charge in [0.1, 0.15) is 42.1 Å². The molecule has 1 fully saturated rings. The second-order valence-corrected chi connectivity index (χ2v) is 15.1. The zero-order chi connectivity index (χ0) is 41.2. The maximum absolute atomic E-state index is 11.8. The van der Waals surface area contributed by atoms with Gasteiger partial charge < -0.3 is 39.5 Å². The minimum atomic E-state index is -1.61. The molecule has 1 aromatic heterocycles. The highest BCUT2D eigenvalue weighted by atomic mass is 35.5. The highest BCUT2D eigenvalue weighted by Crippen LogP contribution is 2.39. The largest absolute Gasteiger partial charge is 0.492 e. The summed E-state index contributed by atoms with van der Waals surface area (Å²) in [5.41, 5.74) is 2.34. The van der Waals surface area contributed by atoms with Crippen LogP contribution in [-0.2, 0) is 29.3 Å².